The number of ether oxygens (including phenoxy) is 1. The highest BCUT2D eigenvalue weighted by Crippen LogP contribution is 2.27. The van der Waals surface area contributed by atoms with Gasteiger partial charge in [-0.05, 0) is 42.5 Å². The van der Waals surface area contributed by atoms with Gasteiger partial charge in [-0.15, -0.1) is 0 Å². The van der Waals surface area contributed by atoms with E-state index in [9.17, 15) is 4.79 Å². The van der Waals surface area contributed by atoms with Crippen LogP contribution in [-0.2, 0) is 13.2 Å². The molecule has 2 aromatic heterocycles. The van der Waals surface area contributed by atoms with Crippen molar-refractivity contribution in [2.24, 2.45) is 0 Å². The Hall–Kier alpha value is -2.64. The molecule has 10 heteroatoms. The van der Waals surface area contributed by atoms with E-state index in [2.05, 4.69) is 10.4 Å². The number of anilines is 1. The molecule has 0 radical (unpaired) electrons. The van der Waals surface area contributed by atoms with Gasteiger partial charge in [-0.25, -0.2) is 0 Å². The van der Waals surface area contributed by atoms with Crippen LogP contribution in [0.1, 0.15) is 21.9 Å². The summed E-state index contributed by atoms with van der Waals surface area (Å²) in [6.45, 7) is 0.432. The smallest absolute Gasteiger partial charge is 0.292 e. The Labute approximate surface area is 203 Å². The number of rotatable bonds is 7. The quantitative estimate of drug-likeness (QED) is 0.291. The Bertz CT molecular complexity index is 1250. The van der Waals surface area contributed by atoms with Crippen LogP contribution in [0.25, 0.3) is 0 Å². The largest absolute Gasteiger partial charge is 0.486 e. The van der Waals surface area contributed by atoms with Crippen LogP contribution < -0.4 is 10.1 Å². The van der Waals surface area contributed by atoms with Crippen LogP contribution in [0.4, 0.5) is 5.82 Å². The van der Waals surface area contributed by atoms with E-state index in [0.717, 1.165) is 0 Å². The van der Waals surface area contributed by atoms with Crippen molar-refractivity contribution in [1.82, 2.24) is 9.78 Å². The Morgan fingerprint density at radius 2 is 1.75 bits per heavy atom. The molecule has 4 rings (SSSR count). The summed E-state index contributed by atoms with van der Waals surface area (Å²) in [7, 11) is 0. The molecule has 0 spiro atoms. The Kier molecular flexibility index (Phi) is 6.96. The minimum absolute atomic E-state index is 0.0921. The average molecular weight is 511 g/mol. The number of amides is 1. The molecule has 2 heterocycles. The highest BCUT2D eigenvalue weighted by molar-refractivity contribution is 6.36. The molecule has 164 valence electrons. The fourth-order valence-corrected chi connectivity index (χ4v) is 3.76. The highest BCUT2D eigenvalue weighted by atomic mass is 35.5. The van der Waals surface area contributed by atoms with E-state index >= 15 is 0 Å². The summed E-state index contributed by atoms with van der Waals surface area (Å²) in [6, 6.07) is 15.4. The minimum Gasteiger partial charge on any atom is -0.486 e. The third kappa shape index (κ3) is 5.40. The zero-order chi connectivity index (χ0) is 22.7. The van der Waals surface area contributed by atoms with Crippen LogP contribution in [-0.4, -0.2) is 15.7 Å². The molecule has 0 unspecified atom stereocenters. The van der Waals surface area contributed by atoms with Crippen molar-refractivity contribution < 1.29 is 13.9 Å². The van der Waals surface area contributed by atoms with Crippen molar-refractivity contribution in [1.29, 1.82) is 0 Å². The summed E-state index contributed by atoms with van der Waals surface area (Å²) in [4.78, 5) is 12.6. The number of halogens is 4. The summed E-state index contributed by atoms with van der Waals surface area (Å²) in [5.41, 5.74) is 0.697. The molecule has 32 heavy (non-hydrogen) atoms. The average Bonchev–Trinajstić information content (AvgIpc) is 3.36. The number of carbonyl (C=O) groups is 1. The van der Waals surface area contributed by atoms with E-state index in [0.29, 0.717) is 38.7 Å². The lowest BCUT2D eigenvalue weighted by molar-refractivity contribution is 0.0992. The van der Waals surface area contributed by atoms with Gasteiger partial charge in [0.1, 0.15) is 23.1 Å². The second-order valence-corrected chi connectivity index (χ2v) is 8.35. The van der Waals surface area contributed by atoms with Crippen molar-refractivity contribution in [3.63, 3.8) is 0 Å². The molecule has 0 bridgehead atoms. The maximum absolute atomic E-state index is 12.6. The Morgan fingerprint density at radius 3 is 2.50 bits per heavy atom. The molecule has 0 aliphatic heterocycles. The molecule has 1 N–H and O–H groups in total. The van der Waals surface area contributed by atoms with Crippen LogP contribution in [0.5, 0.6) is 5.75 Å². The number of furan rings is 1. The summed E-state index contributed by atoms with van der Waals surface area (Å²) < 4.78 is 12.7. The maximum Gasteiger partial charge on any atom is 0.292 e. The lowest BCUT2D eigenvalue weighted by Crippen LogP contribution is -2.12. The van der Waals surface area contributed by atoms with Crippen molar-refractivity contribution in [3.05, 3.63) is 98.0 Å². The van der Waals surface area contributed by atoms with Crippen molar-refractivity contribution in [3.8, 4) is 5.75 Å². The standard InChI is InChI=1S/C22H15Cl4N3O3/c23-13-3-1-4-14(9-13)31-12-15-7-8-20(32-15)22(30)27-21-19(26)11-29(28-21)10-16-17(24)5-2-6-18(16)25/h1-9,11H,10,12H2,(H,27,28,30). The van der Waals surface area contributed by atoms with Crippen molar-refractivity contribution in [2.45, 2.75) is 13.2 Å². The number of hydrogen-bond donors (Lipinski definition) is 1. The van der Waals surface area contributed by atoms with E-state index in [1.54, 1.807) is 60.8 Å². The second-order valence-electron chi connectivity index (χ2n) is 6.69. The van der Waals surface area contributed by atoms with Crippen LogP contribution in [0, 0.1) is 0 Å². The molecule has 2 aromatic carbocycles. The predicted molar refractivity (Wildman–Crippen MR) is 125 cm³/mol. The number of nitrogens with zero attached hydrogens (tertiary/aromatic N) is 2. The normalized spacial score (nSPS) is 10.9. The van der Waals surface area contributed by atoms with E-state index in [4.69, 9.17) is 55.6 Å². The van der Waals surface area contributed by atoms with Gasteiger partial charge in [0.05, 0.1) is 6.54 Å². The van der Waals surface area contributed by atoms with Gasteiger partial charge in [0.15, 0.2) is 11.6 Å². The molecule has 4 aromatic rings. The lowest BCUT2D eigenvalue weighted by Gasteiger charge is -2.06. The molecule has 0 saturated carbocycles. The van der Waals surface area contributed by atoms with Crippen molar-refractivity contribution in [2.75, 3.05) is 5.32 Å². The first kappa shape index (κ1) is 22.6. The fraction of sp³-hybridized carbons (Fsp3) is 0.0909. The van der Waals surface area contributed by atoms with Gasteiger partial charge in [-0.3, -0.25) is 9.48 Å². The highest BCUT2D eigenvalue weighted by Gasteiger charge is 2.17. The first-order chi connectivity index (χ1) is 15.4. The number of benzene rings is 2. The Balaban J connectivity index is 1.40. The SMILES string of the molecule is O=C(Nc1nn(Cc2c(Cl)cccc2Cl)cc1Cl)c1ccc(COc2cccc(Cl)c2)o1. The molecule has 0 aliphatic carbocycles. The monoisotopic (exact) mass is 509 g/mol. The fourth-order valence-electron chi connectivity index (χ4n) is 2.87. The van der Waals surface area contributed by atoms with Gasteiger partial charge in [-0.2, -0.15) is 5.10 Å². The van der Waals surface area contributed by atoms with Crippen molar-refractivity contribution >= 4 is 58.1 Å². The van der Waals surface area contributed by atoms with Crippen LogP contribution in [0.15, 0.2) is 65.2 Å². The predicted octanol–water partition coefficient (Wildman–Crippen LogP) is 6.97. The lowest BCUT2D eigenvalue weighted by atomic mass is 10.2. The molecular weight excluding hydrogens is 496 g/mol. The second kappa shape index (κ2) is 9.88. The van der Waals surface area contributed by atoms with Gasteiger partial charge >= 0.3 is 0 Å². The molecule has 0 saturated heterocycles. The van der Waals surface area contributed by atoms with Gasteiger partial charge in [-0.1, -0.05) is 58.5 Å². The van der Waals surface area contributed by atoms with E-state index in [1.165, 1.54) is 4.68 Å². The number of aromatic nitrogens is 2. The van der Waals surface area contributed by atoms with Crippen LogP contribution in [0.3, 0.4) is 0 Å². The molecule has 0 aliphatic rings. The number of carbonyl (C=O) groups excluding carboxylic acids is 1. The zero-order valence-electron chi connectivity index (χ0n) is 16.3. The zero-order valence-corrected chi connectivity index (χ0v) is 19.3. The third-order valence-electron chi connectivity index (χ3n) is 4.39. The molecule has 1 amide bonds. The summed E-state index contributed by atoms with van der Waals surface area (Å²) in [5, 5.41) is 8.79. The number of hydrogen-bond acceptors (Lipinski definition) is 4. The van der Waals surface area contributed by atoms with Gasteiger partial charge in [0.2, 0.25) is 0 Å². The van der Waals surface area contributed by atoms with Crippen LogP contribution >= 0.6 is 46.4 Å². The van der Waals surface area contributed by atoms with E-state index < -0.39 is 5.91 Å². The van der Waals surface area contributed by atoms with E-state index in [-0.39, 0.29) is 23.2 Å². The van der Waals surface area contributed by atoms with Gasteiger partial charge in [0, 0.05) is 26.8 Å². The summed E-state index contributed by atoms with van der Waals surface area (Å²) >= 11 is 24.6. The molecule has 0 fully saturated rings. The summed E-state index contributed by atoms with van der Waals surface area (Å²) in [5.74, 6) is 0.848. The topological polar surface area (TPSA) is 69.3 Å². The maximum atomic E-state index is 12.6. The van der Waals surface area contributed by atoms with Gasteiger partial charge < -0.3 is 14.5 Å². The Morgan fingerprint density at radius 1 is 1.00 bits per heavy atom. The first-order valence-electron chi connectivity index (χ1n) is 9.33. The molecule has 0 atom stereocenters. The molecule has 6 nitrogen and oxygen atoms in total. The third-order valence-corrected chi connectivity index (χ3v) is 5.61. The van der Waals surface area contributed by atoms with E-state index in [1.807, 2.05) is 0 Å². The number of nitrogens with one attached hydrogen (secondary N) is 1. The minimum atomic E-state index is -0.498. The first-order valence-corrected chi connectivity index (χ1v) is 10.8. The molecular formula is C22H15Cl4N3O3. The summed E-state index contributed by atoms with van der Waals surface area (Å²) in [6.07, 6.45) is 1.57. The van der Waals surface area contributed by atoms with Crippen LogP contribution in [0.2, 0.25) is 20.1 Å². The van der Waals surface area contributed by atoms with Gasteiger partial charge in [0.25, 0.3) is 5.91 Å².